The van der Waals surface area contributed by atoms with E-state index in [9.17, 15) is 4.79 Å². The first-order valence-electron chi connectivity index (χ1n) is 7.93. The molecule has 128 valence electrons. The van der Waals surface area contributed by atoms with E-state index in [1.165, 1.54) is 6.20 Å². The van der Waals surface area contributed by atoms with Crippen molar-refractivity contribution in [2.75, 3.05) is 20.3 Å². The van der Waals surface area contributed by atoms with E-state index in [0.29, 0.717) is 42.5 Å². The summed E-state index contributed by atoms with van der Waals surface area (Å²) >= 11 is 0. The Labute approximate surface area is 144 Å². The number of rotatable bonds is 4. The second kappa shape index (κ2) is 6.35. The molecule has 1 aromatic carbocycles. The van der Waals surface area contributed by atoms with Crippen LogP contribution < -0.4 is 9.47 Å². The van der Waals surface area contributed by atoms with E-state index in [1.807, 2.05) is 24.3 Å². The van der Waals surface area contributed by atoms with Crippen molar-refractivity contribution in [1.29, 1.82) is 0 Å². The Bertz CT molecular complexity index is 886. The number of nitrogens with one attached hydrogen (secondary N) is 1. The van der Waals surface area contributed by atoms with Crippen LogP contribution in [0.15, 0.2) is 47.2 Å². The maximum atomic E-state index is 12.8. The first kappa shape index (κ1) is 15.3. The van der Waals surface area contributed by atoms with Gasteiger partial charge in [0.25, 0.3) is 5.91 Å². The number of H-pyrrole nitrogens is 1. The van der Waals surface area contributed by atoms with Crippen molar-refractivity contribution in [3.8, 4) is 22.8 Å². The fourth-order valence-corrected chi connectivity index (χ4v) is 2.78. The minimum atomic E-state index is -0.143. The second-order valence-electron chi connectivity index (χ2n) is 5.76. The number of hydrogen-bond donors (Lipinski definition) is 1. The standard InChI is InChI=1S/C18H17N3O4/c1-21(11-13-3-2-6-23-13)18(22)14-10-19-20-17(14)12-4-5-15-16(9-12)25-8-7-24-15/h2-6,9-10H,7-8,11H2,1H3,(H,19,20). The van der Waals surface area contributed by atoms with Crippen LogP contribution in [0, 0.1) is 0 Å². The fourth-order valence-electron chi connectivity index (χ4n) is 2.78. The summed E-state index contributed by atoms with van der Waals surface area (Å²) in [4.78, 5) is 14.4. The maximum absolute atomic E-state index is 12.8. The molecular formula is C18H17N3O4. The van der Waals surface area contributed by atoms with Crippen molar-refractivity contribution in [2.24, 2.45) is 0 Å². The molecule has 2 aromatic heterocycles. The average Bonchev–Trinajstić information content (AvgIpc) is 3.32. The van der Waals surface area contributed by atoms with E-state index >= 15 is 0 Å². The lowest BCUT2D eigenvalue weighted by Gasteiger charge is -2.19. The summed E-state index contributed by atoms with van der Waals surface area (Å²) in [5, 5.41) is 6.95. The summed E-state index contributed by atoms with van der Waals surface area (Å²) in [6, 6.07) is 9.20. The maximum Gasteiger partial charge on any atom is 0.257 e. The van der Waals surface area contributed by atoms with Gasteiger partial charge in [-0.05, 0) is 30.3 Å². The van der Waals surface area contributed by atoms with Crippen LogP contribution in [0.2, 0.25) is 0 Å². The van der Waals surface area contributed by atoms with E-state index in [2.05, 4.69) is 10.2 Å². The summed E-state index contributed by atoms with van der Waals surface area (Å²) in [6.07, 6.45) is 3.12. The van der Waals surface area contributed by atoms with E-state index in [-0.39, 0.29) is 5.91 Å². The first-order chi connectivity index (χ1) is 12.2. The van der Waals surface area contributed by atoms with Gasteiger partial charge in [0, 0.05) is 12.6 Å². The minimum absolute atomic E-state index is 0.143. The molecule has 1 N–H and O–H groups in total. The molecule has 0 spiro atoms. The van der Waals surface area contributed by atoms with Gasteiger partial charge in [-0.1, -0.05) is 0 Å². The van der Waals surface area contributed by atoms with Crippen molar-refractivity contribution in [3.63, 3.8) is 0 Å². The van der Waals surface area contributed by atoms with Gasteiger partial charge in [-0.15, -0.1) is 0 Å². The first-order valence-corrected chi connectivity index (χ1v) is 7.93. The van der Waals surface area contributed by atoms with Crippen LogP contribution in [-0.4, -0.2) is 41.3 Å². The number of benzene rings is 1. The number of aromatic amines is 1. The van der Waals surface area contributed by atoms with E-state index < -0.39 is 0 Å². The van der Waals surface area contributed by atoms with Crippen molar-refractivity contribution in [1.82, 2.24) is 15.1 Å². The zero-order valence-electron chi connectivity index (χ0n) is 13.7. The third-order valence-corrected chi connectivity index (χ3v) is 4.02. The molecule has 1 aliphatic rings. The lowest BCUT2D eigenvalue weighted by Crippen LogP contribution is -2.26. The Morgan fingerprint density at radius 3 is 2.88 bits per heavy atom. The van der Waals surface area contributed by atoms with E-state index in [0.717, 1.165) is 11.3 Å². The molecule has 1 aliphatic heterocycles. The molecule has 0 radical (unpaired) electrons. The Kier molecular flexibility index (Phi) is 3.89. The number of amides is 1. The Morgan fingerprint density at radius 1 is 1.24 bits per heavy atom. The van der Waals surface area contributed by atoms with Gasteiger partial charge < -0.3 is 18.8 Å². The minimum Gasteiger partial charge on any atom is -0.486 e. The van der Waals surface area contributed by atoms with Crippen LogP contribution >= 0.6 is 0 Å². The van der Waals surface area contributed by atoms with Crippen molar-refractivity contribution >= 4 is 5.91 Å². The topological polar surface area (TPSA) is 80.6 Å². The molecule has 0 fully saturated rings. The van der Waals surface area contributed by atoms with Crippen LogP contribution in [0.5, 0.6) is 11.5 Å². The van der Waals surface area contributed by atoms with Crippen LogP contribution in [-0.2, 0) is 6.54 Å². The van der Waals surface area contributed by atoms with Crippen molar-refractivity contribution < 1.29 is 18.7 Å². The Morgan fingerprint density at radius 2 is 2.08 bits per heavy atom. The lowest BCUT2D eigenvalue weighted by atomic mass is 10.1. The third kappa shape index (κ3) is 2.96. The molecule has 25 heavy (non-hydrogen) atoms. The summed E-state index contributed by atoms with van der Waals surface area (Å²) in [5.41, 5.74) is 1.95. The summed E-state index contributed by atoms with van der Waals surface area (Å²) < 4.78 is 16.4. The number of carbonyl (C=O) groups is 1. The molecule has 7 heteroatoms. The molecule has 0 saturated carbocycles. The molecule has 4 rings (SSSR count). The van der Waals surface area contributed by atoms with Crippen LogP contribution in [0.1, 0.15) is 16.1 Å². The number of carbonyl (C=O) groups excluding carboxylic acids is 1. The van der Waals surface area contributed by atoms with Gasteiger partial charge in [0.05, 0.1) is 30.3 Å². The molecule has 3 aromatic rings. The van der Waals surface area contributed by atoms with E-state index in [4.69, 9.17) is 13.9 Å². The highest BCUT2D eigenvalue weighted by atomic mass is 16.6. The number of ether oxygens (including phenoxy) is 2. The molecule has 0 bridgehead atoms. The second-order valence-corrected chi connectivity index (χ2v) is 5.76. The normalized spacial score (nSPS) is 12.8. The molecule has 3 heterocycles. The van der Waals surface area contributed by atoms with Gasteiger partial charge in [-0.25, -0.2) is 0 Å². The average molecular weight is 339 g/mol. The number of nitrogens with zero attached hydrogens (tertiary/aromatic N) is 2. The predicted octanol–water partition coefficient (Wildman–Crippen LogP) is 2.71. The Balaban J connectivity index is 1.61. The number of hydrogen-bond acceptors (Lipinski definition) is 5. The van der Waals surface area contributed by atoms with Crippen LogP contribution in [0.4, 0.5) is 0 Å². The van der Waals surface area contributed by atoms with E-state index in [1.54, 1.807) is 24.3 Å². The van der Waals surface area contributed by atoms with Crippen molar-refractivity contribution in [2.45, 2.75) is 6.54 Å². The molecule has 0 aliphatic carbocycles. The molecule has 0 saturated heterocycles. The zero-order valence-corrected chi connectivity index (χ0v) is 13.7. The van der Waals surface area contributed by atoms with Crippen LogP contribution in [0.25, 0.3) is 11.3 Å². The summed E-state index contributed by atoms with van der Waals surface area (Å²) in [7, 11) is 1.73. The fraction of sp³-hybridized carbons (Fsp3) is 0.222. The van der Waals surface area contributed by atoms with Gasteiger partial charge in [0.1, 0.15) is 19.0 Å². The molecular weight excluding hydrogens is 322 g/mol. The SMILES string of the molecule is CN(Cc1ccco1)C(=O)c1cn[nH]c1-c1ccc2c(c1)OCCO2. The highest BCUT2D eigenvalue weighted by Gasteiger charge is 2.21. The number of aromatic nitrogens is 2. The number of furan rings is 1. The van der Waals surface area contributed by atoms with Gasteiger partial charge in [-0.2, -0.15) is 5.10 Å². The summed E-state index contributed by atoms with van der Waals surface area (Å²) in [6.45, 7) is 1.44. The highest BCUT2D eigenvalue weighted by molar-refractivity contribution is 5.99. The molecule has 1 amide bonds. The third-order valence-electron chi connectivity index (χ3n) is 4.02. The highest BCUT2D eigenvalue weighted by Crippen LogP contribution is 2.35. The molecule has 7 nitrogen and oxygen atoms in total. The smallest absolute Gasteiger partial charge is 0.257 e. The predicted molar refractivity (Wildman–Crippen MR) is 89.5 cm³/mol. The molecule has 0 atom stereocenters. The van der Waals surface area contributed by atoms with Gasteiger partial charge in [0.15, 0.2) is 11.5 Å². The monoisotopic (exact) mass is 339 g/mol. The largest absolute Gasteiger partial charge is 0.486 e. The molecule has 0 unspecified atom stereocenters. The van der Waals surface area contributed by atoms with Crippen LogP contribution in [0.3, 0.4) is 0 Å². The van der Waals surface area contributed by atoms with Gasteiger partial charge in [0.2, 0.25) is 0 Å². The van der Waals surface area contributed by atoms with Gasteiger partial charge >= 0.3 is 0 Å². The quantitative estimate of drug-likeness (QED) is 0.790. The lowest BCUT2D eigenvalue weighted by molar-refractivity contribution is 0.0776. The van der Waals surface area contributed by atoms with Gasteiger partial charge in [-0.3, -0.25) is 9.89 Å². The summed E-state index contributed by atoms with van der Waals surface area (Å²) in [5.74, 6) is 1.95. The zero-order chi connectivity index (χ0) is 17.2. The van der Waals surface area contributed by atoms with Crippen molar-refractivity contribution in [3.05, 3.63) is 54.1 Å². The Hall–Kier alpha value is -3.22. The number of fused-ring (bicyclic) bond motifs is 1.